The molecule has 0 saturated carbocycles. The van der Waals surface area contributed by atoms with Gasteiger partial charge in [-0.3, -0.25) is 14.4 Å². The standard InChI is InChI=1S/C22H31N5O6S/c1-12(28)19(21(31)26-16(22(32)33)7-8-34-2)27-20(30)17(25-18(29)10-23)9-13-11-24-15-6-4-3-5-14(13)15/h3-6,11-12,16-17,19,24,28H,7-10,23H2,1-2H3,(H,25,29)(H,26,31)(H,27,30)(H,32,33). The largest absolute Gasteiger partial charge is 0.480 e. The molecular weight excluding hydrogens is 462 g/mol. The Morgan fingerprint density at radius 1 is 1.09 bits per heavy atom. The number of para-hydroxylation sites is 1. The minimum absolute atomic E-state index is 0.0984. The van der Waals surface area contributed by atoms with Crippen LogP contribution in [-0.2, 0) is 25.6 Å². The third kappa shape index (κ3) is 7.47. The Morgan fingerprint density at radius 2 is 1.79 bits per heavy atom. The van der Waals surface area contributed by atoms with Crippen molar-refractivity contribution in [2.24, 2.45) is 5.73 Å². The number of fused-ring (bicyclic) bond motifs is 1. The van der Waals surface area contributed by atoms with Gasteiger partial charge in [0.25, 0.3) is 0 Å². The number of carboxylic acid groups (broad SMARTS) is 1. The average molecular weight is 494 g/mol. The van der Waals surface area contributed by atoms with E-state index in [1.807, 2.05) is 30.5 Å². The van der Waals surface area contributed by atoms with Crippen molar-refractivity contribution >= 4 is 46.4 Å². The van der Waals surface area contributed by atoms with Crippen molar-refractivity contribution in [1.82, 2.24) is 20.9 Å². The summed E-state index contributed by atoms with van der Waals surface area (Å²) in [6.45, 7) is 0.961. The lowest BCUT2D eigenvalue weighted by Crippen LogP contribution is -2.59. The van der Waals surface area contributed by atoms with Gasteiger partial charge < -0.3 is 36.9 Å². The number of H-pyrrole nitrogens is 1. The van der Waals surface area contributed by atoms with Crippen LogP contribution in [0.15, 0.2) is 30.5 Å². The van der Waals surface area contributed by atoms with E-state index in [2.05, 4.69) is 20.9 Å². The molecule has 0 spiro atoms. The third-order valence-electron chi connectivity index (χ3n) is 5.22. The monoisotopic (exact) mass is 493 g/mol. The number of aromatic amines is 1. The second-order valence-electron chi connectivity index (χ2n) is 7.80. The first-order valence-corrected chi connectivity index (χ1v) is 12.1. The number of benzene rings is 1. The van der Waals surface area contributed by atoms with E-state index in [1.165, 1.54) is 18.7 Å². The van der Waals surface area contributed by atoms with Crippen molar-refractivity contribution in [2.75, 3.05) is 18.6 Å². The van der Waals surface area contributed by atoms with Crippen LogP contribution < -0.4 is 21.7 Å². The van der Waals surface area contributed by atoms with Crippen molar-refractivity contribution in [3.8, 4) is 0 Å². The number of nitrogens with two attached hydrogens (primary N) is 1. The third-order valence-corrected chi connectivity index (χ3v) is 5.87. The highest BCUT2D eigenvalue weighted by Gasteiger charge is 2.32. The lowest BCUT2D eigenvalue weighted by Gasteiger charge is -2.26. The lowest BCUT2D eigenvalue weighted by molar-refractivity contribution is -0.143. The molecule has 0 fully saturated rings. The van der Waals surface area contributed by atoms with Crippen LogP contribution in [0.1, 0.15) is 18.9 Å². The highest BCUT2D eigenvalue weighted by atomic mass is 32.2. The number of aliphatic carboxylic acids is 1. The van der Waals surface area contributed by atoms with Gasteiger partial charge in [-0.2, -0.15) is 11.8 Å². The molecule has 12 heteroatoms. The number of rotatable bonds is 13. The summed E-state index contributed by atoms with van der Waals surface area (Å²) in [6.07, 6.45) is 2.49. The van der Waals surface area contributed by atoms with E-state index in [0.29, 0.717) is 5.75 Å². The molecule has 1 aromatic heterocycles. The molecule has 0 aliphatic heterocycles. The Labute approximate surface area is 201 Å². The summed E-state index contributed by atoms with van der Waals surface area (Å²) in [4.78, 5) is 52.3. The van der Waals surface area contributed by atoms with E-state index in [1.54, 1.807) is 6.20 Å². The minimum Gasteiger partial charge on any atom is -0.480 e. The number of aliphatic hydroxyl groups excluding tert-OH is 1. The summed E-state index contributed by atoms with van der Waals surface area (Å²) in [6, 6.07) is 3.76. The van der Waals surface area contributed by atoms with Gasteiger partial charge in [0.1, 0.15) is 18.1 Å². The number of carbonyl (C=O) groups is 4. The van der Waals surface area contributed by atoms with Crippen molar-refractivity contribution in [3.05, 3.63) is 36.0 Å². The number of amides is 3. The molecule has 8 N–H and O–H groups in total. The number of aromatic nitrogens is 1. The zero-order valence-electron chi connectivity index (χ0n) is 19.0. The van der Waals surface area contributed by atoms with Gasteiger partial charge in [0.05, 0.1) is 12.6 Å². The van der Waals surface area contributed by atoms with Gasteiger partial charge in [-0.05, 0) is 37.0 Å². The number of carboxylic acids is 1. The van der Waals surface area contributed by atoms with Crippen molar-refractivity contribution in [1.29, 1.82) is 0 Å². The Bertz CT molecular complexity index is 1010. The van der Waals surface area contributed by atoms with Crippen LogP contribution in [0.4, 0.5) is 0 Å². The van der Waals surface area contributed by atoms with Crippen LogP contribution in [-0.4, -0.2) is 81.7 Å². The maximum atomic E-state index is 13.1. The molecule has 1 aromatic carbocycles. The Hall–Kier alpha value is -3.09. The van der Waals surface area contributed by atoms with Gasteiger partial charge in [0, 0.05) is 23.5 Å². The zero-order valence-corrected chi connectivity index (χ0v) is 19.9. The normalized spacial score (nSPS) is 14.6. The van der Waals surface area contributed by atoms with Crippen LogP contribution in [0.2, 0.25) is 0 Å². The van der Waals surface area contributed by atoms with Gasteiger partial charge in [-0.1, -0.05) is 18.2 Å². The SMILES string of the molecule is CSCCC(NC(=O)C(NC(=O)C(Cc1c[nH]c2ccccc12)NC(=O)CN)C(C)O)C(=O)O. The first-order valence-electron chi connectivity index (χ1n) is 10.7. The van der Waals surface area contributed by atoms with Gasteiger partial charge >= 0.3 is 5.97 Å². The summed E-state index contributed by atoms with van der Waals surface area (Å²) in [5, 5.41) is 27.7. The second kappa shape index (κ2) is 13.0. The van der Waals surface area contributed by atoms with Crippen LogP contribution in [0, 0.1) is 0 Å². The maximum absolute atomic E-state index is 13.1. The maximum Gasteiger partial charge on any atom is 0.326 e. The van der Waals surface area contributed by atoms with Gasteiger partial charge in [-0.15, -0.1) is 0 Å². The lowest BCUT2D eigenvalue weighted by atomic mass is 10.0. The number of nitrogens with one attached hydrogen (secondary N) is 4. The van der Waals surface area contributed by atoms with Gasteiger partial charge in [0.2, 0.25) is 17.7 Å². The molecule has 11 nitrogen and oxygen atoms in total. The molecule has 4 unspecified atom stereocenters. The summed E-state index contributed by atoms with van der Waals surface area (Å²) < 4.78 is 0. The summed E-state index contributed by atoms with van der Waals surface area (Å²) in [5.74, 6) is -2.84. The zero-order chi connectivity index (χ0) is 25.3. The van der Waals surface area contributed by atoms with Crippen LogP contribution in [0.5, 0.6) is 0 Å². The fraction of sp³-hybridized carbons (Fsp3) is 0.455. The van der Waals surface area contributed by atoms with E-state index in [-0.39, 0.29) is 19.4 Å². The molecule has 0 saturated heterocycles. The topological polar surface area (TPSA) is 187 Å². The van der Waals surface area contributed by atoms with Crippen molar-refractivity contribution < 1.29 is 29.4 Å². The fourth-order valence-corrected chi connectivity index (χ4v) is 3.87. The smallest absolute Gasteiger partial charge is 0.326 e. The molecule has 2 rings (SSSR count). The van der Waals surface area contributed by atoms with Gasteiger partial charge in [0.15, 0.2) is 0 Å². The minimum atomic E-state index is -1.43. The number of hydrogen-bond donors (Lipinski definition) is 7. The average Bonchev–Trinajstić information content (AvgIpc) is 3.21. The number of carbonyl (C=O) groups excluding carboxylic acids is 3. The molecule has 0 aliphatic carbocycles. The molecule has 0 bridgehead atoms. The Balaban J connectivity index is 2.20. The van der Waals surface area contributed by atoms with E-state index < -0.39 is 47.9 Å². The highest BCUT2D eigenvalue weighted by Crippen LogP contribution is 2.19. The Kier molecular flexibility index (Phi) is 10.4. The molecular formula is C22H31N5O6S. The quantitative estimate of drug-likeness (QED) is 0.192. The van der Waals surface area contributed by atoms with Gasteiger partial charge in [-0.25, -0.2) is 4.79 Å². The first kappa shape index (κ1) is 27.2. The Morgan fingerprint density at radius 3 is 2.41 bits per heavy atom. The molecule has 3 amide bonds. The van der Waals surface area contributed by atoms with Crippen molar-refractivity contribution in [2.45, 2.75) is 44.0 Å². The fourth-order valence-electron chi connectivity index (χ4n) is 3.40. The second-order valence-corrected chi connectivity index (χ2v) is 8.78. The predicted molar refractivity (Wildman–Crippen MR) is 129 cm³/mol. The molecule has 186 valence electrons. The number of thioether (sulfide) groups is 1. The molecule has 34 heavy (non-hydrogen) atoms. The van der Waals surface area contributed by atoms with E-state index in [0.717, 1.165) is 16.5 Å². The molecule has 0 radical (unpaired) electrons. The molecule has 4 atom stereocenters. The number of aliphatic hydroxyl groups is 1. The molecule has 1 heterocycles. The summed E-state index contributed by atoms with van der Waals surface area (Å²) in [5.41, 5.74) is 7.01. The van der Waals surface area contributed by atoms with Crippen LogP contribution in [0.3, 0.4) is 0 Å². The van der Waals surface area contributed by atoms with E-state index in [9.17, 15) is 29.4 Å². The van der Waals surface area contributed by atoms with Crippen LogP contribution in [0.25, 0.3) is 10.9 Å². The van der Waals surface area contributed by atoms with Crippen LogP contribution >= 0.6 is 11.8 Å². The summed E-state index contributed by atoms with van der Waals surface area (Å²) >= 11 is 1.43. The van der Waals surface area contributed by atoms with E-state index >= 15 is 0 Å². The van der Waals surface area contributed by atoms with E-state index in [4.69, 9.17) is 5.73 Å². The highest BCUT2D eigenvalue weighted by molar-refractivity contribution is 7.98. The molecule has 0 aliphatic rings. The number of hydrogen-bond acceptors (Lipinski definition) is 7. The van der Waals surface area contributed by atoms with Crippen molar-refractivity contribution in [3.63, 3.8) is 0 Å². The first-order chi connectivity index (χ1) is 16.2. The summed E-state index contributed by atoms with van der Waals surface area (Å²) in [7, 11) is 0. The predicted octanol–water partition coefficient (Wildman–Crippen LogP) is -0.658. The molecule has 2 aromatic rings.